The van der Waals surface area contributed by atoms with Gasteiger partial charge in [-0.1, -0.05) is 6.07 Å². The number of carbonyl (C=O) groups excluding carboxylic acids is 3. The number of nitrogens with one attached hydrogen (secondary N) is 2. The Kier molecular flexibility index (Phi) is 7.99. The van der Waals surface area contributed by atoms with E-state index >= 15 is 0 Å². The lowest BCUT2D eigenvalue weighted by atomic mass is 10.0. The molecule has 1 aliphatic heterocycles. The summed E-state index contributed by atoms with van der Waals surface area (Å²) < 4.78 is 0. The van der Waals surface area contributed by atoms with Crippen LogP contribution in [-0.4, -0.2) is 65.8 Å². The van der Waals surface area contributed by atoms with E-state index in [4.69, 9.17) is 0 Å². The number of rotatable bonds is 7. The zero-order valence-electron chi connectivity index (χ0n) is 17.3. The summed E-state index contributed by atoms with van der Waals surface area (Å²) in [5.41, 5.74) is 1.18. The molecule has 7 heteroatoms. The van der Waals surface area contributed by atoms with E-state index in [0.717, 1.165) is 19.4 Å². The Morgan fingerprint density at radius 3 is 2.61 bits per heavy atom. The molecule has 0 saturated carbocycles. The van der Waals surface area contributed by atoms with Crippen molar-refractivity contribution in [1.82, 2.24) is 15.1 Å². The topological polar surface area (TPSA) is 81.8 Å². The van der Waals surface area contributed by atoms with E-state index in [1.807, 2.05) is 20.8 Å². The molecule has 2 atom stereocenters. The van der Waals surface area contributed by atoms with Crippen molar-refractivity contribution in [3.63, 3.8) is 0 Å². The Labute approximate surface area is 167 Å². The maximum Gasteiger partial charge on any atom is 0.253 e. The molecule has 0 aromatic heterocycles. The first-order chi connectivity index (χ1) is 13.3. The van der Waals surface area contributed by atoms with Crippen LogP contribution in [0.3, 0.4) is 0 Å². The molecule has 154 valence electrons. The van der Waals surface area contributed by atoms with Gasteiger partial charge < -0.3 is 15.5 Å². The molecule has 0 radical (unpaired) electrons. The third-order valence-electron chi connectivity index (χ3n) is 5.22. The van der Waals surface area contributed by atoms with E-state index in [1.54, 1.807) is 29.2 Å². The van der Waals surface area contributed by atoms with Gasteiger partial charge in [0.1, 0.15) is 0 Å². The first-order valence-electron chi connectivity index (χ1n) is 10.1. The standard InChI is InChI=1S/C21H32N4O3/c1-5-24(6-2)21(28)17-9-7-10-18(13-17)23-20(27)15(3)25-12-8-11-19(14-25)22-16(4)26/h7,9-10,13,15,19H,5-6,8,11-12,14H2,1-4H3,(H,22,26)(H,23,27). The van der Waals surface area contributed by atoms with E-state index in [1.165, 1.54) is 6.92 Å². The summed E-state index contributed by atoms with van der Waals surface area (Å²) in [5.74, 6) is -0.196. The normalized spacial score (nSPS) is 18.2. The van der Waals surface area contributed by atoms with Gasteiger partial charge in [0, 0.05) is 43.9 Å². The monoisotopic (exact) mass is 388 g/mol. The van der Waals surface area contributed by atoms with Gasteiger partial charge in [-0.25, -0.2) is 0 Å². The number of anilines is 1. The van der Waals surface area contributed by atoms with Crippen molar-refractivity contribution in [2.45, 2.75) is 52.6 Å². The van der Waals surface area contributed by atoms with Crippen molar-refractivity contribution < 1.29 is 14.4 Å². The van der Waals surface area contributed by atoms with Gasteiger partial charge in [-0.15, -0.1) is 0 Å². The predicted molar refractivity (Wildman–Crippen MR) is 110 cm³/mol. The lowest BCUT2D eigenvalue weighted by molar-refractivity contribution is -0.121. The average molecular weight is 389 g/mol. The fraction of sp³-hybridized carbons (Fsp3) is 0.571. The number of piperidine rings is 1. The van der Waals surface area contributed by atoms with E-state index in [-0.39, 0.29) is 29.8 Å². The summed E-state index contributed by atoms with van der Waals surface area (Å²) in [4.78, 5) is 40.4. The Balaban J connectivity index is 2.01. The molecule has 0 spiro atoms. The number of hydrogen-bond acceptors (Lipinski definition) is 4. The van der Waals surface area contributed by atoms with Gasteiger partial charge in [0.25, 0.3) is 5.91 Å². The van der Waals surface area contributed by atoms with Gasteiger partial charge in [-0.3, -0.25) is 19.3 Å². The molecule has 1 aromatic carbocycles. The first kappa shape index (κ1) is 21.9. The molecule has 7 nitrogen and oxygen atoms in total. The van der Waals surface area contributed by atoms with Crippen LogP contribution in [0.15, 0.2) is 24.3 Å². The number of carbonyl (C=O) groups is 3. The molecule has 1 aliphatic rings. The van der Waals surface area contributed by atoms with Crippen molar-refractivity contribution in [3.8, 4) is 0 Å². The van der Waals surface area contributed by atoms with Crippen LogP contribution < -0.4 is 10.6 Å². The van der Waals surface area contributed by atoms with Crippen LogP contribution >= 0.6 is 0 Å². The van der Waals surface area contributed by atoms with Crippen LogP contribution in [-0.2, 0) is 9.59 Å². The minimum atomic E-state index is -0.321. The highest BCUT2D eigenvalue weighted by Crippen LogP contribution is 2.17. The highest BCUT2D eigenvalue weighted by molar-refractivity contribution is 5.98. The summed E-state index contributed by atoms with van der Waals surface area (Å²) in [5, 5.41) is 5.87. The molecule has 1 saturated heterocycles. The summed E-state index contributed by atoms with van der Waals surface area (Å²) >= 11 is 0. The predicted octanol–water partition coefficient (Wildman–Crippen LogP) is 2.10. The SMILES string of the molecule is CCN(CC)C(=O)c1cccc(NC(=O)C(C)N2CCCC(NC(C)=O)C2)c1. The molecule has 1 aromatic rings. The Morgan fingerprint density at radius 2 is 1.96 bits per heavy atom. The van der Waals surface area contributed by atoms with E-state index < -0.39 is 0 Å². The zero-order chi connectivity index (χ0) is 20.7. The summed E-state index contributed by atoms with van der Waals surface area (Å²) in [6, 6.07) is 6.82. The third kappa shape index (κ3) is 5.79. The Hall–Kier alpha value is -2.41. The minimum absolute atomic E-state index is 0.0386. The van der Waals surface area contributed by atoms with Crippen LogP contribution in [0.1, 0.15) is 50.9 Å². The van der Waals surface area contributed by atoms with Crippen molar-refractivity contribution >= 4 is 23.4 Å². The quantitative estimate of drug-likeness (QED) is 0.749. The molecule has 3 amide bonds. The molecular weight excluding hydrogens is 356 g/mol. The second kappa shape index (κ2) is 10.2. The molecule has 0 bridgehead atoms. The molecule has 2 rings (SSSR count). The number of benzene rings is 1. The van der Waals surface area contributed by atoms with Crippen molar-refractivity contribution in [2.24, 2.45) is 0 Å². The van der Waals surface area contributed by atoms with Crippen LogP contribution in [0.25, 0.3) is 0 Å². The molecule has 28 heavy (non-hydrogen) atoms. The van der Waals surface area contributed by atoms with Crippen LogP contribution in [0.2, 0.25) is 0 Å². The van der Waals surface area contributed by atoms with Gasteiger partial charge in [-0.05, 0) is 58.4 Å². The lowest BCUT2D eigenvalue weighted by Crippen LogP contribution is -2.52. The molecular formula is C21H32N4O3. The Bertz CT molecular complexity index is 703. The van der Waals surface area contributed by atoms with Gasteiger partial charge >= 0.3 is 0 Å². The summed E-state index contributed by atoms with van der Waals surface area (Å²) in [6.07, 6.45) is 1.87. The molecule has 1 heterocycles. The number of nitrogens with zero attached hydrogens (tertiary/aromatic N) is 2. The van der Waals surface area contributed by atoms with Crippen molar-refractivity contribution in [1.29, 1.82) is 0 Å². The number of hydrogen-bond donors (Lipinski definition) is 2. The maximum absolute atomic E-state index is 12.7. The van der Waals surface area contributed by atoms with Gasteiger partial charge in [0.15, 0.2) is 0 Å². The number of likely N-dealkylation sites (tertiary alicyclic amines) is 1. The van der Waals surface area contributed by atoms with Crippen LogP contribution in [0.5, 0.6) is 0 Å². The Morgan fingerprint density at radius 1 is 1.25 bits per heavy atom. The largest absolute Gasteiger partial charge is 0.352 e. The van der Waals surface area contributed by atoms with Crippen molar-refractivity contribution in [2.75, 3.05) is 31.5 Å². The molecule has 0 aliphatic carbocycles. The molecule has 2 unspecified atom stereocenters. The first-order valence-corrected chi connectivity index (χ1v) is 10.1. The minimum Gasteiger partial charge on any atom is -0.352 e. The van der Waals surface area contributed by atoms with Gasteiger partial charge in [-0.2, -0.15) is 0 Å². The van der Waals surface area contributed by atoms with E-state index in [0.29, 0.717) is 30.9 Å². The van der Waals surface area contributed by atoms with Gasteiger partial charge in [0.05, 0.1) is 6.04 Å². The van der Waals surface area contributed by atoms with Crippen LogP contribution in [0.4, 0.5) is 5.69 Å². The molecule has 1 fully saturated rings. The maximum atomic E-state index is 12.7. The highest BCUT2D eigenvalue weighted by atomic mass is 16.2. The second-order valence-electron chi connectivity index (χ2n) is 7.26. The summed E-state index contributed by atoms with van der Waals surface area (Å²) in [7, 11) is 0. The molecule has 2 N–H and O–H groups in total. The van der Waals surface area contributed by atoms with E-state index in [2.05, 4.69) is 15.5 Å². The number of amides is 3. The fourth-order valence-corrected chi connectivity index (χ4v) is 3.60. The second-order valence-corrected chi connectivity index (χ2v) is 7.26. The summed E-state index contributed by atoms with van der Waals surface area (Å²) in [6.45, 7) is 10.1. The highest BCUT2D eigenvalue weighted by Gasteiger charge is 2.28. The third-order valence-corrected chi connectivity index (χ3v) is 5.22. The van der Waals surface area contributed by atoms with Gasteiger partial charge in [0.2, 0.25) is 11.8 Å². The van der Waals surface area contributed by atoms with Crippen LogP contribution in [0, 0.1) is 0 Å². The van der Waals surface area contributed by atoms with Crippen molar-refractivity contribution in [3.05, 3.63) is 29.8 Å². The lowest BCUT2D eigenvalue weighted by Gasteiger charge is -2.36. The average Bonchev–Trinajstić information content (AvgIpc) is 2.68. The zero-order valence-corrected chi connectivity index (χ0v) is 17.3. The fourth-order valence-electron chi connectivity index (χ4n) is 3.60. The van der Waals surface area contributed by atoms with E-state index in [9.17, 15) is 14.4 Å². The smallest absolute Gasteiger partial charge is 0.253 e.